The molecule has 120 valence electrons. The standard InChI is InChI=1S/C13H15Cl2N.C2H2O4/c14-11-5-10(6-12(15)7-11)13-8-16-3-1-9(13)2-4-16;3-1(4)2(5)6/h5-7,9,13H,1-4,8H2;(H,3,4)(H,5,6). The minimum absolute atomic E-state index is 0.638. The summed E-state index contributed by atoms with van der Waals surface area (Å²) in [6.07, 6.45) is 2.66. The lowest BCUT2D eigenvalue weighted by Crippen LogP contribution is -2.46. The van der Waals surface area contributed by atoms with Crippen LogP contribution in [0.15, 0.2) is 18.2 Å². The zero-order chi connectivity index (χ0) is 16.3. The van der Waals surface area contributed by atoms with E-state index in [1.165, 1.54) is 38.0 Å². The Kier molecular flexibility index (Phi) is 5.67. The maximum absolute atomic E-state index is 9.10. The topological polar surface area (TPSA) is 77.8 Å². The second kappa shape index (κ2) is 7.31. The van der Waals surface area contributed by atoms with Crippen LogP contribution in [0.5, 0.6) is 0 Å². The Morgan fingerprint density at radius 1 is 1.00 bits per heavy atom. The van der Waals surface area contributed by atoms with E-state index in [-0.39, 0.29) is 0 Å². The molecular weight excluding hydrogens is 329 g/mol. The fourth-order valence-corrected chi connectivity index (χ4v) is 3.67. The fourth-order valence-electron chi connectivity index (χ4n) is 3.13. The molecule has 0 aliphatic carbocycles. The summed E-state index contributed by atoms with van der Waals surface area (Å²) in [6, 6.07) is 5.98. The lowest BCUT2D eigenvalue weighted by Gasteiger charge is -2.45. The molecule has 3 fully saturated rings. The third-order valence-electron chi connectivity index (χ3n) is 4.15. The van der Waals surface area contributed by atoms with E-state index in [1.54, 1.807) is 0 Å². The molecule has 0 saturated carbocycles. The predicted octanol–water partition coefficient (Wildman–Crippen LogP) is 2.96. The largest absolute Gasteiger partial charge is 0.473 e. The Bertz CT molecular complexity index is 538. The number of nitrogens with zero attached hydrogens (tertiary/aromatic N) is 1. The minimum atomic E-state index is -1.82. The summed E-state index contributed by atoms with van der Waals surface area (Å²) in [5.74, 6) is -2.18. The summed E-state index contributed by atoms with van der Waals surface area (Å²) < 4.78 is 0. The van der Waals surface area contributed by atoms with Crippen LogP contribution in [-0.2, 0) is 9.59 Å². The average Bonchev–Trinajstić information content (AvgIpc) is 2.48. The molecule has 5 nitrogen and oxygen atoms in total. The number of fused-ring (bicyclic) bond motifs is 3. The van der Waals surface area contributed by atoms with Crippen LogP contribution in [-0.4, -0.2) is 46.7 Å². The Labute approximate surface area is 138 Å². The Morgan fingerprint density at radius 2 is 1.50 bits per heavy atom. The van der Waals surface area contributed by atoms with E-state index < -0.39 is 11.9 Å². The van der Waals surface area contributed by atoms with Crippen LogP contribution in [0.4, 0.5) is 0 Å². The molecule has 1 aromatic rings. The monoisotopic (exact) mass is 345 g/mol. The number of carbonyl (C=O) groups is 2. The molecule has 3 saturated heterocycles. The fraction of sp³-hybridized carbons (Fsp3) is 0.467. The van der Waals surface area contributed by atoms with Crippen molar-refractivity contribution in [1.29, 1.82) is 0 Å². The molecule has 7 heteroatoms. The lowest BCUT2D eigenvalue weighted by molar-refractivity contribution is -0.159. The number of piperidine rings is 3. The second-order valence-electron chi connectivity index (χ2n) is 5.56. The summed E-state index contributed by atoms with van der Waals surface area (Å²) in [4.78, 5) is 20.8. The van der Waals surface area contributed by atoms with Gasteiger partial charge in [-0.15, -0.1) is 0 Å². The van der Waals surface area contributed by atoms with Gasteiger partial charge in [0.15, 0.2) is 0 Å². The Hall–Kier alpha value is -1.30. The zero-order valence-corrected chi connectivity index (χ0v) is 13.3. The van der Waals surface area contributed by atoms with Crippen LogP contribution < -0.4 is 0 Å². The first-order valence-corrected chi connectivity index (χ1v) is 7.77. The molecule has 22 heavy (non-hydrogen) atoms. The molecule has 2 bridgehead atoms. The number of rotatable bonds is 1. The Balaban J connectivity index is 0.000000254. The molecule has 1 aromatic carbocycles. The first-order chi connectivity index (χ1) is 10.4. The lowest BCUT2D eigenvalue weighted by atomic mass is 9.75. The third-order valence-corrected chi connectivity index (χ3v) is 4.59. The highest BCUT2D eigenvalue weighted by Crippen LogP contribution is 2.40. The van der Waals surface area contributed by atoms with Crippen molar-refractivity contribution in [1.82, 2.24) is 4.90 Å². The highest BCUT2D eigenvalue weighted by molar-refractivity contribution is 6.34. The number of hydrogen-bond acceptors (Lipinski definition) is 3. The zero-order valence-electron chi connectivity index (χ0n) is 11.8. The van der Waals surface area contributed by atoms with Crippen molar-refractivity contribution < 1.29 is 19.8 Å². The maximum Gasteiger partial charge on any atom is 0.414 e. The van der Waals surface area contributed by atoms with E-state index >= 15 is 0 Å². The van der Waals surface area contributed by atoms with Crippen LogP contribution in [0.2, 0.25) is 10.0 Å². The van der Waals surface area contributed by atoms with E-state index in [4.69, 9.17) is 43.0 Å². The van der Waals surface area contributed by atoms with E-state index in [1.807, 2.05) is 6.07 Å². The molecule has 2 N–H and O–H groups in total. The smallest absolute Gasteiger partial charge is 0.414 e. The summed E-state index contributed by atoms with van der Waals surface area (Å²) in [7, 11) is 0. The van der Waals surface area contributed by atoms with E-state index in [0.29, 0.717) is 5.92 Å². The van der Waals surface area contributed by atoms with Crippen molar-refractivity contribution in [3.63, 3.8) is 0 Å². The number of benzene rings is 1. The number of halogens is 2. The van der Waals surface area contributed by atoms with Crippen LogP contribution >= 0.6 is 23.2 Å². The molecule has 3 heterocycles. The molecule has 0 aromatic heterocycles. The highest BCUT2D eigenvalue weighted by Gasteiger charge is 2.34. The predicted molar refractivity (Wildman–Crippen MR) is 83.6 cm³/mol. The van der Waals surface area contributed by atoms with Gasteiger partial charge in [-0.1, -0.05) is 23.2 Å². The first-order valence-electron chi connectivity index (χ1n) is 7.01. The summed E-state index contributed by atoms with van der Waals surface area (Å²) in [6.45, 7) is 3.73. The summed E-state index contributed by atoms with van der Waals surface area (Å²) >= 11 is 12.1. The van der Waals surface area contributed by atoms with Crippen LogP contribution in [0.1, 0.15) is 24.3 Å². The van der Waals surface area contributed by atoms with Crippen LogP contribution in [0.25, 0.3) is 0 Å². The van der Waals surface area contributed by atoms with Gasteiger partial charge < -0.3 is 15.1 Å². The molecule has 0 amide bonds. The molecular formula is C15H17Cl2NO4. The van der Waals surface area contributed by atoms with E-state index in [0.717, 1.165) is 16.0 Å². The van der Waals surface area contributed by atoms with Gasteiger partial charge in [0, 0.05) is 16.6 Å². The highest BCUT2D eigenvalue weighted by atomic mass is 35.5. The van der Waals surface area contributed by atoms with Crippen molar-refractivity contribution in [3.05, 3.63) is 33.8 Å². The summed E-state index contributed by atoms with van der Waals surface area (Å²) in [5.41, 5.74) is 1.33. The van der Waals surface area contributed by atoms with Gasteiger partial charge in [-0.25, -0.2) is 9.59 Å². The molecule has 0 spiro atoms. The Morgan fingerprint density at radius 3 is 1.86 bits per heavy atom. The van der Waals surface area contributed by atoms with Crippen molar-refractivity contribution in [2.75, 3.05) is 19.6 Å². The number of aliphatic carboxylic acids is 2. The number of hydrogen-bond donors (Lipinski definition) is 2. The van der Waals surface area contributed by atoms with Crippen molar-refractivity contribution in [3.8, 4) is 0 Å². The van der Waals surface area contributed by atoms with Crippen molar-refractivity contribution in [2.24, 2.45) is 5.92 Å². The van der Waals surface area contributed by atoms with E-state index in [2.05, 4.69) is 17.0 Å². The van der Waals surface area contributed by atoms with Gasteiger partial charge in [0.25, 0.3) is 0 Å². The summed E-state index contributed by atoms with van der Waals surface area (Å²) in [5, 5.41) is 16.3. The van der Waals surface area contributed by atoms with Crippen molar-refractivity contribution in [2.45, 2.75) is 18.8 Å². The van der Waals surface area contributed by atoms with Gasteiger partial charge in [0.05, 0.1) is 0 Å². The quantitative estimate of drug-likeness (QED) is 0.765. The second-order valence-corrected chi connectivity index (χ2v) is 6.43. The van der Waals surface area contributed by atoms with Gasteiger partial charge in [-0.2, -0.15) is 0 Å². The van der Waals surface area contributed by atoms with Gasteiger partial charge >= 0.3 is 11.9 Å². The average molecular weight is 346 g/mol. The molecule has 1 unspecified atom stereocenters. The van der Waals surface area contributed by atoms with Gasteiger partial charge in [0.2, 0.25) is 0 Å². The third kappa shape index (κ3) is 4.35. The van der Waals surface area contributed by atoms with E-state index in [9.17, 15) is 0 Å². The van der Waals surface area contributed by atoms with Crippen LogP contribution in [0.3, 0.4) is 0 Å². The number of carboxylic acids is 2. The molecule has 4 rings (SSSR count). The maximum atomic E-state index is 9.10. The van der Waals surface area contributed by atoms with Gasteiger partial charge in [-0.3, -0.25) is 0 Å². The normalized spacial score (nSPS) is 26.0. The number of carboxylic acid groups (broad SMARTS) is 2. The van der Waals surface area contributed by atoms with Crippen LogP contribution in [0, 0.1) is 5.92 Å². The SMILES string of the molecule is Clc1cc(Cl)cc(C2CN3CCC2CC3)c1.O=C(O)C(=O)O. The molecule has 1 atom stereocenters. The van der Waals surface area contributed by atoms with Crippen molar-refractivity contribution >= 4 is 35.1 Å². The molecule has 3 aliphatic rings. The van der Waals surface area contributed by atoms with Gasteiger partial charge in [-0.05, 0) is 61.5 Å². The molecule has 3 aliphatic heterocycles. The molecule has 0 radical (unpaired) electrons. The minimum Gasteiger partial charge on any atom is -0.473 e. The first kappa shape index (κ1) is 17.1. The van der Waals surface area contributed by atoms with Gasteiger partial charge in [0.1, 0.15) is 0 Å².